The van der Waals surface area contributed by atoms with E-state index in [1.165, 1.54) is 23.8 Å². The number of carbonyl (C=O) groups is 2. The van der Waals surface area contributed by atoms with Gasteiger partial charge in [-0.15, -0.1) is 0 Å². The van der Waals surface area contributed by atoms with Crippen LogP contribution in [0.1, 0.15) is 61.7 Å². The second-order valence-corrected chi connectivity index (χ2v) is 12.3. The van der Waals surface area contributed by atoms with E-state index in [9.17, 15) is 9.59 Å². The molecule has 2 aliphatic rings. The fourth-order valence-corrected chi connectivity index (χ4v) is 5.74. The zero-order valence-corrected chi connectivity index (χ0v) is 25.1. The molecule has 8 nitrogen and oxygen atoms in total. The summed E-state index contributed by atoms with van der Waals surface area (Å²) in [6.07, 6.45) is -0.214. The van der Waals surface area contributed by atoms with Gasteiger partial charge in [-0.2, -0.15) is 0 Å². The van der Waals surface area contributed by atoms with Gasteiger partial charge < -0.3 is 14.4 Å². The van der Waals surface area contributed by atoms with Gasteiger partial charge in [0, 0.05) is 71.0 Å². The summed E-state index contributed by atoms with van der Waals surface area (Å²) in [6.45, 7) is 18.2. The molecule has 2 fully saturated rings. The average Bonchev–Trinajstić information content (AvgIpc) is 2.90. The summed E-state index contributed by atoms with van der Waals surface area (Å²) in [7, 11) is 1.41. The van der Waals surface area contributed by atoms with Crippen LogP contribution in [-0.2, 0) is 29.1 Å². The monoisotopic (exact) mass is 550 g/mol. The van der Waals surface area contributed by atoms with Gasteiger partial charge in [0.2, 0.25) is 0 Å². The van der Waals surface area contributed by atoms with Gasteiger partial charge in [-0.1, -0.05) is 36.4 Å². The fraction of sp³-hybridized carbons (Fsp3) is 0.562. The molecule has 1 amide bonds. The molecule has 0 spiro atoms. The molecular formula is C32H46N4O4. The fourth-order valence-electron chi connectivity index (χ4n) is 5.74. The van der Waals surface area contributed by atoms with Crippen molar-refractivity contribution in [1.82, 2.24) is 19.6 Å². The molecule has 40 heavy (non-hydrogen) atoms. The van der Waals surface area contributed by atoms with E-state index in [0.29, 0.717) is 30.7 Å². The average molecular weight is 551 g/mol. The van der Waals surface area contributed by atoms with Gasteiger partial charge in [0.1, 0.15) is 5.60 Å². The molecule has 0 radical (unpaired) electrons. The summed E-state index contributed by atoms with van der Waals surface area (Å²) < 4.78 is 10.3. The number of nitrogens with zero attached hydrogens (tertiary/aromatic N) is 4. The minimum absolute atomic E-state index is 0.214. The number of hydrogen-bond donors (Lipinski definition) is 0. The standard InChI is InChI=1S/C32H46N4O4/c1-24-19-34(21-26-10-12-29(13-11-26)30(37)39-6)20-25(2)36(24)23-28-9-7-8-27(18-28)22-33-14-16-35(17-15-33)31(38)40-32(3,4)5/h7-13,18,24-25H,14-17,19-23H2,1-6H3/t24-,25?/m0/s1. The van der Waals surface area contributed by atoms with Crippen molar-refractivity contribution < 1.29 is 19.1 Å². The molecule has 0 N–H and O–H groups in total. The summed E-state index contributed by atoms with van der Waals surface area (Å²) in [5.74, 6) is -0.299. The minimum Gasteiger partial charge on any atom is -0.465 e. The number of amides is 1. The quantitative estimate of drug-likeness (QED) is 0.466. The highest BCUT2D eigenvalue weighted by atomic mass is 16.6. The van der Waals surface area contributed by atoms with Crippen LogP contribution in [0.3, 0.4) is 0 Å². The zero-order chi connectivity index (χ0) is 28.9. The number of ether oxygens (including phenoxy) is 2. The molecule has 0 saturated carbocycles. The third kappa shape index (κ3) is 8.29. The predicted octanol–water partition coefficient (Wildman–Crippen LogP) is 4.62. The third-order valence-electron chi connectivity index (χ3n) is 7.75. The Morgan fingerprint density at radius 1 is 0.800 bits per heavy atom. The largest absolute Gasteiger partial charge is 0.465 e. The summed E-state index contributed by atoms with van der Waals surface area (Å²) in [4.78, 5) is 33.5. The Balaban J connectivity index is 1.27. The Bertz CT molecular complexity index is 1130. The first-order valence-electron chi connectivity index (χ1n) is 14.4. The van der Waals surface area contributed by atoms with E-state index >= 15 is 0 Å². The van der Waals surface area contributed by atoms with E-state index in [1.807, 2.05) is 49.9 Å². The van der Waals surface area contributed by atoms with Gasteiger partial charge >= 0.3 is 12.1 Å². The van der Waals surface area contributed by atoms with Gasteiger partial charge in [0.15, 0.2) is 0 Å². The molecule has 2 atom stereocenters. The van der Waals surface area contributed by atoms with Crippen molar-refractivity contribution in [3.05, 3.63) is 70.8 Å². The highest BCUT2D eigenvalue weighted by Crippen LogP contribution is 2.22. The van der Waals surface area contributed by atoms with Crippen LogP contribution < -0.4 is 0 Å². The van der Waals surface area contributed by atoms with E-state index in [2.05, 4.69) is 52.8 Å². The van der Waals surface area contributed by atoms with Crippen molar-refractivity contribution in [3.63, 3.8) is 0 Å². The van der Waals surface area contributed by atoms with E-state index < -0.39 is 5.60 Å². The summed E-state index contributed by atoms with van der Waals surface area (Å²) in [5, 5.41) is 0. The van der Waals surface area contributed by atoms with Crippen molar-refractivity contribution >= 4 is 12.1 Å². The Morgan fingerprint density at radius 3 is 1.95 bits per heavy atom. The maximum absolute atomic E-state index is 12.4. The molecule has 2 aliphatic heterocycles. The van der Waals surface area contributed by atoms with Gasteiger partial charge in [0.25, 0.3) is 0 Å². The van der Waals surface area contributed by atoms with Crippen LogP contribution in [0.4, 0.5) is 4.79 Å². The maximum atomic E-state index is 12.4. The second kappa shape index (κ2) is 13.1. The van der Waals surface area contributed by atoms with E-state index in [1.54, 1.807) is 0 Å². The molecule has 1 unspecified atom stereocenters. The van der Waals surface area contributed by atoms with E-state index in [-0.39, 0.29) is 12.1 Å². The summed E-state index contributed by atoms with van der Waals surface area (Å²) >= 11 is 0. The van der Waals surface area contributed by atoms with Gasteiger partial charge in [-0.3, -0.25) is 14.7 Å². The Labute approximate surface area is 239 Å². The van der Waals surface area contributed by atoms with Crippen LogP contribution in [0.2, 0.25) is 0 Å². The molecule has 8 heteroatoms. The minimum atomic E-state index is -0.463. The van der Waals surface area contributed by atoms with Crippen molar-refractivity contribution in [3.8, 4) is 0 Å². The molecule has 2 aromatic carbocycles. The number of piperazine rings is 2. The molecule has 2 heterocycles. The smallest absolute Gasteiger partial charge is 0.410 e. The van der Waals surface area contributed by atoms with Crippen molar-refractivity contribution in [1.29, 1.82) is 0 Å². The lowest BCUT2D eigenvalue weighted by atomic mass is 10.0. The number of hydrogen-bond acceptors (Lipinski definition) is 7. The first-order chi connectivity index (χ1) is 19.0. The van der Waals surface area contributed by atoms with Gasteiger partial charge in [0.05, 0.1) is 12.7 Å². The molecule has 0 aliphatic carbocycles. The van der Waals surface area contributed by atoms with Crippen LogP contribution >= 0.6 is 0 Å². The van der Waals surface area contributed by atoms with Crippen LogP contribution in [-0.4, -0.2) is 95.7 Å². The van der Waals surface area contributed by atoms with Crippen LogP contribution in [0, 0.1) is 0 Å². The lowest BCUT2D eigenvalue weighted by Gasteiger charge is -2.44. The van der Waals surface area contributed by atoms with Crippen LogP contribution in [0.25, 0.3) is 0 Å². The highest BCUT2D eigenvalue weighted by molar-refractivity contribution is 5.89. The summed E-state index contributed by atoms with van der Waals surface area (Å²) in [6, 6.07) is 17.6. The molecule has 0 bridgehead atoms. The highest BCUT2D eigenvalue weighted by Gasteiger charge is 2.30. The number of benzene rings is 2. The number of carbonyl (C=O) groups excluding carboxylic acids is 2. The SMILES string of the molecule is COC(=O)c1ccc(CN2CC(C)N(Cc3cccc(CN4CCN(C(=O)OC(C)(C)C)CC4)c3)[C@@H](C)C2)cc1. The Kier molecular flexibility index (Phi) is 9.87. The van der Waals surface area contributed by atoms with E-state index in [0.717, 1.165) is 45.8 Å². The lowest BCUT2D eigenvalue weighted by Crippen LogP contribution is -2.55. The lowest BCUT2D eigenvalue weighted by molar-refractivity contribution is 0.0138. The zero-order valence-electron chi connectivity index (χ0n) is 25.1. The molecule has 4 rings (SSSR count). The Hall–Kier alpha value is -2.94. The predicted molar refractivity (Wildman–Crippen MR) is 157 cm³/mol. The van der Waals surface area contributed by atoms with Crippen molar-refractivity contribution in [2.24, 2.45) is 0 Å². The molecule has 0 aromatic heterocycles. The van der Waals surface area contributed by atoms with Crippen molar-refractivity contribution in [2.75, 3.05) is 46.4 Å². The second-order valence-electron chi connectivity index (χ2n) is 12.3. The maximum Gasteiger partial charge on any atom is 0.410 e. The molecule has 2 saturated heterocycles. The Morgan fingerprint density at radius 2 is 1.38 bits per heavy atom. The van der Waals surface area contributed by atoms with E-state index in [4.69, 9.17) is 9.47 Å². The third-order valence-corrected chi connectivity index (χ3v) is 7.75. The van der Waals surface area contributed by atoms with Crippen LogP contribution in [0.5, 0.6) is 0 Å². The molecular weight excluding hydrogens is 504 g/mol. The van der Waals surface area contributed by atoms with Gasteiger partial charge in [-0.05, 0) is 63.4 Å². The van der Waals surface area contributed by atoms with Crippen molar-refractivity contribution in [2.45, 2.75) is 71.9 Å². The number of esters is 1. The number of rotatable bonds is 7. The van der Waals surface area contributed by atoms with Crippen LogP contribution in [0.15, 0.2) is 48.5 Å². The first-order valence-corrected chi connectivity index (χ1v) is 14.4. The van der Waals surface area contributed by atoms with Gasteiger partial charge in [-0.25, -0.2) is 9.59 Å². The first kappa shape index (κ1) is 30.0. The normalized spacial score (nSPS) is 21.3. The topological polar surface area (TPSA) is 65.6 Å². The number of methoxy groups -OCH3 is 1. The molecule has 2 aromatic rings. The molecule has 218 valence electrons. The summed E-state index contributed by atoms with van der Waals surface area (Å²) in [5.41, 5.74) is 3.99.